The van der Waals surface area contributed by atoms with Crippen molar-refractivity contribution >= 4 is 11.9 Å². The number of aliphatic carboxylic acids is 1. The fourth-order valence-electron chi connectivity index (χ4n) is 2.67. The monoisotopic (exact) mass is 286 g/mol. The van der Waals surface area contributed by atoms with Gasteiger partial charge in [-0.15, -0.1) is 0 Å². The molecule has 1 saturated heterocycles. The lowest BCUT2D eigenvalue weighted by molar-refractivity contribution is -0.141. The van der Waals surface area contributed by atoms with Gasteiger partial charge in [0.15, 0.2) is 0 Å². The Morgan fingerprint density at radius 3 is 2.55 bits per heavy atom. The molecule has 6 heteroatoms. The Labute approximate surface area is 120 Å². The van der Waals surface area contributed by atoms with Crippen LogP contribution < -0.4 is 10.6 Å². The van der Waals surface area contributed by atoms with E-state index in [1.807, 2.05) is 0 Å². The summed E-state index contributed by atoms with van der Waals surface area (Å²) in [6.07, 6.45) is 3.66. The van der Waals surface area contributed by atoms with E-state index in [0.29, 0.717) is 6.61 Å². The molecule has 1 heterocycles. The van der Waals surface area contributed by atoms with Gasteiger partial charge in [0.25, 0.3) is 0 Å². The average Bonchev–Trinajstić information content (AvgIpc) is 2.43. The van der Waals surface area contributed by atoms with Crippen LogP contribution in [-0.2, 0) is 14.3 Å². The molecular formula is C14H26N2O4. The number of carbonyl (C=O) groups is 2. The van der Waals surface area contributed by atoms with Crippen LogP contribution in [0.1, 0.15) is 46.5 Å². The lowest BCUT2D eigenvalue weighted by atomic mass is 9.86. The van der Waals surface area contributed by atoms with Crippen LogP contribution in [0, 0.1) is 0 Å². The van der Waals surface area contributed by atoms with Crippen LogP contribution in [0.2, 0.25) is 0 Å². The zero-order valence-electron chi connectivity index (χ0n) is 12.6. The molecule has 1 aliphatic rings. The van der Waals surface area contributed by atoms with Gasteiger partial charge in [-0.3, -0.25) is 4.79 Å². The Bertz CT molecular complexity index is 342. The van der Waals surface area contributed by atoms with Crippen molar-refractivity contribution in [2.45, 2.75) is 64.1 Å². The molecule has 6 nitrogen and oxygen atoms in total. The summed E-state index contributed by atoms with van der Waals surface area (Å²) in [6, 6.07) is -0.646. The number of hydrogen-bond donors (Lipinski definition) is 3. The third-order valence-corrected chi connectivity index (χ3v) is 4.07. The minimum atomic E-state index is -1.02. The smallest absolute Gasteiger partial charge is 0.327 e. The third kappa shape index (κ3) is 4.76. The molecule has 0 spiro atoms. The van der Waals surface area contributed by atoms with E-state index in [4.69, 9.17) is 9.84 Å². The maximum Gasteiger partial charge on any atom is 0.327 e. The number of ether oxygens (including phenoxy) is 1. The number of rotatable bonds is 7. The minimum Gasteiger partial charge on any atom is -0.480 e. The number of carbonyl (C=O) groups excluding carboxylic acids is 1. The third-order valence-electron chi connectivity index (χ3n) is 4.07. The van der Waals surface area contributed by atoms with Crippen LogP contribution in [0.3, 0.4) is 0 Å². The zero-order chi connectivity index (χ0) is 15.2. The number of nitrogens with one attached hydrogen (secondary N) is 2. The van der Waals surface area contributed by atoms with Gasteiger partial charge in [-0.2, -0.15) is 0 Å². The molecule has 0 bridgehead atoms. The molecule has 1 amide bonds. The Morgan fingerprint density at radius 2 is 2.05 bits per heavy atom. The predicted octanol–water partition coefficient (Wildman–Crippen LogP) is 0.903. The van der Waals surface area contributed by atoms with Crippen LogP contribution >= 0.6 is 0 Å². The topological polar surface area (TPSA) is 87.7 Å². The van der Waals surface area contributed by atoms with Crippen molar-refractivity contribution in [2.24, 2.45) is 0 Å². The van der Waals surface area contributed by atoms with Crippen molar-refractivity contribution in [3.05, 3.63) is 0 Å². The van der Waals surface area contributed by atoms with Gasteiger partial charge in [0.1, 0.15) is 6.04 Å². The largest absolute Gasteiger partial charge is 0.480 e. The molecule has 1 rings (SSSR count). The molecule has 0 aromatic rings. The highest BCUT2D eigenvalue weighted by molar-refractivity contribution is 5.82. The summed E-state index contributed by atoms with van der Waals surface area (Å²) in [5, 5.41) is 14.8. The Morgan fingerprint density at radius 1 is 1.40 bits per heavy atom. The van der Waals surface area contributed by atoms with E-state index >= 15 is 0 Å². The summed E-state index contributed by atoms with van der Waals surface area (Å²) >= 11 is 0. The van der Waals surface area contributed by atoms with Crippen molar-refractivity contribution < 1.29 is 19.4 Å². The van der Waals surface area contributed by atoms with E-state index in [9.17, 15) is 9.59 Å². The van der Waals surface area contributed by atoms with Gasteiger partial charge in [0, 0.05) is 26.1 Å². The summed E-state index contributed by atoms with van der Waals surface area (Å²) in [7, 11) is 0. The molecule has 0 aromatic heterocycles. The molecule has 0 saturated carbocycles. The van der Waals surface area contributed by atoms with E-state index in [1.54, 1.807) is 0 Å². The lowest BCUT2D eigenvalue weighted by Crippen LogP contribution is -2.52. The van der Waals surface area contributed by atoms with E-state index in [2.05, 4.69) is 24.5 Å². The van der Waals surface area contributed by atoms with Crippen LogP contribution in [0.4, 0.5) is 0 Å². The molecule has 1 aliphatic heterocycles. The quantitative estimate of drug-likeness (QED) is 0.647. The summed E-state index contributed by atoms with van der Waals surface area (Å²) in [6.45, 7) is 6.48. The molecule has 0 aliphatic carbocycles. The first-order chi connectivity index (χ1) is 9.42. The zero-order valence-corrected chi connectivity index (χ0v) is 12.6. The second-order valence-electron chi connectivity index (χ2n) is 5.43. The molecule has 20 heavy (non-hydrogen) atoms. The lowest BCUT2D eigenvalue weighted by Gasteiger charge is -2.40. The summed E-state index contributed by atoms with van der Waals surface area (Å²) in [5.41, 5.74) is -0.0946. The Balaban J connectivity index is 2.51. The molecule has 1 fully saturated rings. The number of carboxylic acid groups (broad SMARTS) is 1. The van der Waals surface area contributed by atoms with Crippen LogP contribution in [0.15, 0.2) is 0 Å². The highest BCUT2D eigenvalue weighted by Crippen LogP contribution is 2.31. The van der Waals surface area contributed by atoms with Gasteiger partial charge in [0.05, 0.1) is 5.60 Å². The van der Waals surface area contributed by atoms with Crippen molar-refractivity contribution in [3.63, 3.8) is 0 Å². The molecule has 0 aromatic carbocycles. The van der Waals surface area contributed by atoms with Crippen LogP contribution in [0.5, 0.6) is 0 Å². The van der Waals surface area contributed by atoms with Gasteiger partial charge in [-0.1, -0.05) is 13.8 Å². The molecule has 0 radical (unpaired) electrons. The van der Waals surface area contributed by atoms with Gasteiger partial charge in [-0.25, -0.2) is 4.79 Å². The number of hydrogen-bond acceptors (Lipinski definition) is 4. The molecule has 2 atom stereocenters. The SMILES string of the molecule is CCC1(CC)CC(NCC(NC(C)=O)C(=O)O)CCO1. The minimum absolute atomic E-state index is 0.0946. The van der Waals surface area contributed by atoms with Gasteiger partial charge < -0.3 is 20.5 Å². The maximum atomic E-state index is 11.1. The number of carboxylic acids is 1. The summed E-state index contributed by atoms with van der Waals surface area (Å²) in [5.74, 6) is -1.35. The first-order valence-corrected chi connectivity index (χ1v) is 7.29. The molecular weight excluding hydrogens is 260 g/mol. The first kappa shape index (κ1) is 16.9. The Kier molecular flexibility index (Phi) is 6.42. The van der Waals surface area contributed by atoms with Crippen LogP contribution in [-0.4, -0.2) is 47.8 Å². The standard InChI is InChI=1S/C14H26N2O4/c1-4-14(5-2)8-11(6-7-20-14)15-9-12(13(18)19)16-10(3)17/h11-12,15H,4-9H2,1-3H3,(H,16,17)(H,18,19). The highest BCUT2D eigenvalue weighted by atomic mass is 16.5. The van der Waals surface area contributed by atoms with Gasteiger partial charge >= 0.3 is 5.97 Å². The first-order valence-electron chi connectivity index (χ1n) is 7.29. The van der Waals surface area contributed by atoms with Gasteiger partial charge in [-0.05, 0) is 25.7 Å². The second kappa shape index (κ2) is 7.59. The summed E-state index contributed by atoms with van der Waals surface area (Å²) in [4.78, 5) is 22.1. The number of amides is 1. The van der Waals surface area contributed by atoms with Crippen molar-refractivity contribution in [1.29, 1.82) is 0 Å². The van der Waals surface area contributed by atoms with Crippen molar-refractivity contribution in [2.75, 3.05) is 13.2 Å². The fourth-order valence-corrected chi connectivity index (χ4v) is 2.67. The Hall–Kier alpha value is -1.14. The van der Waals surface area contributed by atoms with Crippen molar-refractivity contribution in [3.8, 4) is 0 Å². The van der Waals surface area contributed by atoms with Crippen LogP contribution in [0.25, 0.3) is 0 Å². The highest BCUT2D eigenvalue weighted by Gasteiger charge is 2.34. The summed E-state index contributed by atoms with van der Waals surface area (Å²) < 4.78 is 5.89. The molecule has 2 unspecified atom stereocenters. The maximum absolute atomic E-state index is 11.1. The average molecular weight is 286 g/mol. The molecule has 3 N–H and O–H groups in total. The van der Waals surface area contributed by atoms with E-state index in [1.165, 1.54) is 6.92 Å². The van der Waals surface area contributed by atoms with Gasteiger partial charge in [0.2, 0.25) is 5.91 Å². The van der Waals surface area contributed by atoms with E-state index in [0.717, 1.165) is 25.7 Å². The normalized spacial score (nSPS) is 23.1. The van der Waals surface area contributed by atoms with E-state index < -0.39 is 12.0 Å². The fraction of sp³-hybridized carbons (Fsp3) is 0.857. The van der Waals surface area contributed by atoms with E-state index in [-0.39, 0.29) is 24.1 Å². The molecule has 116 valence electrons. The second-order valence-corrected chi connectivity index (χ2v) is 5.43. The van der Waals surface area contributed by atoms with Crippen molar-refractivity contribution in [1.82, 2.24) is 10.6 Å². The predicted molar refractivity (Wildman–Crippen MR) is 75.5 cm³/mol.